The first-order valence-electron chi connectivity index (χ1n) is 6.68. The van der Waals surface area contributed by atoms with E-state index < -0.39 is 24.3 Å². The van der Waals surface area contributed by atoms with Gasteiger partial charge in [-0.25, -0.2) is 0 Å². The lowest BCUT2D eigenvalue weighted by atomic mass is 10.2. The predicted molar refractivity (Wildman–Crippen MR) is 83.0 cm³/mol. The maximum absolute atomic E-state index is 13.2. The van der Waals surface area contributed by atoms with Crippen LogP contribution in [0, 0.1) is 0 Å². The molecular weight excluding hydrogens is 419 g/mol. The molecule has 0 amide bonds. The predicted octanol–water partition coefficient (Wildman–Crippen LogP) is 4.49. The van der Waals surface area contributed by atoms with Gasteiger partial charge in [-0.1, -0.05) is 6.92 Å². The Morgan fingerprint density at radius 3 is 2.46 bits per heavy atom. The number of halogens is 6. The van der Waals surface area contributed by atoms with Crippen molar-refractivity contribution in [3.05, 3.63) is 22.6 Å². The van der Waals surface area contributed by atoms with Crippen molar-refractivity contribution >= 4 is 27.7 Å². The fraction of sp³-hybridized carbons (Fsp3) is 0.462. The van der Waals surface area contributed by atoms with Crippen LogP contribution in [0.1, 0.15) is 12.7 Å². The molecule has 0 aliphatic rings. The Bertz CT molecular complexity index is 732. The van der Waals surface area contributed by atoms with E-state index in [-0.39, 0.29) is 5.82 Å². The van der Waals surface area contributed by atoms with E-state index >= 15 is 0 Å². The monoisotopic (exact) mass is 430 g/mol. The molecule has 11 heteroatoms. The number of pyridine rings is 1. The maximum Gasteiger partial charge on any atom is 0.453 e. The molecule has 0 saturated carbocycles. The van der Waals surface area contributed by atoms with Crippen molar-refractivity contribution in [1.82, 2.24) is 19.7 Å². The highest BCUT2D eigenvalue weighted by Crippen LogP contribution is 2.38. The number of alkyl halides is 5. The Balaban J connectivity index is 2.41. The summed E-state index contributed by atoms with van der Waals surface area (Å²) in [6, 6.07) is 1.77. The number of rotatable bonds is 5. The first-order chi connectivity index (χ1) is 11.1. The van der Waals surface area contributed by atoms with E-state index in [1.54, 1.807) is 6.07 Å². The van der Waals surface area contributed by atoms with E-state index in [2.05, 4.69) is 31.1 Å². The fourth-order valence-electron chi connectivity index (χ4n) is 1.87. The van der Waals surface area contributed by atoms with Crippen molar-refractivity contribution in [3.63, 3.8) is 0 Å². The molecule has 0 unspecified atom stereocenters. The van der Waals surface area contributed by atoms with E-state index in [9.17, 15) is 22.0 Å². The standard InChI is InChI=1S/C13H12BrF5N4S/c1-3-24-8-4-7(14)6-20-10(8)11-22-21-9(23(11)2)5-12(15,16)13(17,18)19/h4,6H,3,5H2,1-2H3. The average molecular weight is 431 g/mol. The Labute approximate surface area is 147 Å². The number of thioether (sulfide) groups is 1. The summed E-state index contributed by atoms with van der Waals surface area (Å²) in [6.07, 6.45) is -5.72. The summed E-state index contributed by atoms with van der Waals surface area (Å²) in [5, 5.41) is 7.23. The van der Waals surface area contributed by atoms with Crippen LogP contribution < -0.4 is 0 Å². The molecule has 0 bridgehead atoms. The van der Waals surface area contributed by atoms with Crippen molar-refractivity contribution < 1.29 is 22.0 Å². The van der Waals surface area contributed by atoms with Crippen molar-refractivity contribution in [1.29, 1.82) is 0 Å². The summed E-state index contributed by atoms with van der Waals surface area (Å²) in [5.41, 5.74) is 0.377. The topological polar surface area (TPSA) is 43.6 Å². The van der Waals surface area contributed by atoms with Gasteiger partial charge in [0.05, 0.1) is 6.42 Å². The molecule has 0 radical (unpaired) electrons. The molecule has 132 valence electrons. The van der Waals surface area contributed by atoms with Gasteiger partial charge in [0, 0.05) is 22.6 Å². The third kappa shape index (κ3) is 3.88. The number of aromatic nitrogens is 4. The second-order valence-electron chi connectivity index (χ2n) is 4.81. The van der Waals surface area contributed by atoms with Gasteiger partial charge in [-0.3, -0.25) is 4.98 Å². The van der Waals surface area contributed by atoms with Crippen LogP contribution in [-0.4, -0.2) is 37.6 Å². The average Bonchev–Trinajstić information content (AvgIpc) is 2.79. The molecule has 2 rings (SSSR count). The zero-order valence-corrected chi connectivity index (χ0v) is 14.9. The fourth-order valence-corrected chi connectivity index (χ4v) is 3.16. The van der Waals surface area contributed by atoms with E-state index in [4.69, 9.17) is 0 Å². The van der Waals surface area contributed by atoms with Crippen LogP contribution in [0.3, 0.4) is 0 Å². The third-order valence-electron chi connectivity index (χ3n) is 3.09. The minimum Gasteiger partial charge on any atom is -0.313 e. The molecule has 0 N–H and O–H groups in total. The van der Waals surface area contributed by atoms with Gasteiger partial charge in [0.2, 0.25) is 0 Å². The lowest BCUT2D eigenvalue weighted by Crippen LogP contribution is -2.39. The van der Waals surface area contributed by atoms with Crippen LogP contribution in [0.5, 0.6) is 0 Å². The Morgan fingerprint density at radius 1 is 1.21 bits per heavy atom. The number of hydrogen-bond acceptors (Lipinski definition) is 4. The molecule has 2 heterocycles. The molecule has 4 nitrogen and oxygen atoms in total. The van der Waals surface area contributed by atoms with Crippen molar-refractivity contribution in [2.75, 3.05) is 5.75 Å². The van der Waals surface area contributed by atoms with Crippen LogP contribution >= 0.6 is 27.7 Å². The third-order valence-corrected chi connectivity index (χ3v) is 4.44. The van der Waals surface area contributed by atoms with Crippen molar-refractivity contribution in [2.45, 2.75) is 30.3 Å². The van der Waals surface area contributed by atoms with Crippen LogP contribution in [0.25, 0.3) is 11.5 Å². The van der Waals surface area contributed by atoms with Gasteiger partial charge < -0.3 is 4.57 Å². The Kier molecular flexibility index (Phi) is 5.53. The van der Waals surface area contributed by atoms with Gasteiger partial charge >= 0.3 is 12.1 Å². The Hall–Kier alpha value is -1.23. The maximum atomic E-state index is 13.2. The first kappa shape index (κ1) is 19.1. The minimum absolute atomic E-state index is 0.131. The molecule has 24 heavy (non-hydrogen) atoms. The van der Waals surface area contributed by atoms with Gasteiger partial charge in [0.25, 0.3) is 0 Å². The van der Waals surface area contributed by atoms with Crippen molar-refractivity contribution in [3.8, 4) is 11.5 Å². The van der Waals surface area contributed by atoms with Crippen molar-refractivity contribution in [2.24, 2.45) is 7.05 Å². The summed E-state index contributed by atoms with van der Waals surface area (Å²) in [7, 11) is 1.33. The van der Waals surface area contributed by atoms with Gasteiger partial charge in [0.1, 0.15) is 11.5 Å². The lowest BCUT2D eigenvalue weighted by Gasteiger charge is -2.18. The molecule has 2 aromatic rings. The minimum atomic E-state index is -5.64. The Morgan fingerprint density at radius 2 is 1.88 bits per heavy atom. The molecule has 0 aliphatic carbocycles. The van der Waals surface area contributed by atoms with E-state index in [0.717, 1.165) is 15.2 Å². The summed E-state index contributed by atoms with van der Waals surface area (Å²) in [6.45, 7) is 1.92. The molecule has 0 fully saturated rings. The second-order valence-corrected chi connectivity index (χ2v) is 7.03. The molecule has 0 aliphatic heterocycles. The number of hydrogen-bond donors (Lipinski definition) is 0. The molecule has 0 saturated heterocycles. The zero-order valence-electron chi connectivity index (χ0n) is 12.5. The SMILES string of the molecule is CCSc1cc(Br)cnc1-c1nnc(CC(F)(F)C(F)(F)F)n1C. The zero-order chi connectivity index (χ0) is 18.1. The lowest BCUT2D eigenvalue weighted by molar-refractivity contribution is -0.281. The summed E-state index contributed by atoms with van der Waals surface area (Å²) in [4.78, 5) is 4.90. The first-order valence-corrected chi connectivity index (χ1v) is 8.46. The van der Waals surface area contributed by atoms with Gasteiger partial charge in [-0.05, 0) is 27.7 Å². The highest BCUT2D eigenvalue weighted by Gasteiger charge is 2.58. The highest BCUT2D eigenvalue weighted by molar-refractivity contribution is 9.10. The molecule has 2 aromatic heterocycles. The van der Waals surface area contributed by atoms with Gasteiger partial charge in [-0.2, -0.15) is 22.0 Å². The number of nitrogens with zero attached hydrogens (tertiary/aromatic N) is 4. The smallest absolute Gasteiger partial charge is 0.313 e. The van der Waals surface area contributed by atoms with Gasteiger partial charge in [0.15, 0.2) is 5.82 Å². The molecule has 0 spiro atoms. The van der Waals surface area contributed by atoms with Gasteiger partial charge in [-0.15, -0.1) is 22.0 Å². The quantitative estimate of drug-likeness (QED) is 0.517. The van der Waals surface area contributed by atoms with E-state index in [0.29, 0.717) is 10.2 Å². The molecular formula is C13H12BrF5N4S. The molecule has 0 atom stereocenters. The van der Waals surface area contributed by atoms with Crippen LogP contribution in [0.4, 0.5) is 22.0 Å². The summed E-state index contributed by atoms with van der Waals surface area (Å²) < 4.78 is 65.4. The second kappa shape index (κ2) is 6.95. The summed E-state index contributed by atoms with van der Waals surface area (Å²) in [5.74, 6) is -4.49. The summed E-state index contributed by atoms with van der Waals surface area (Å²) >= 11 is 4.73. The highest BCUT2D eigenvalue weighted by atomic mass is 79.9. The van der Waals surface area contributed by atoms with Crippen LogP contribution in [0.15, 0.2) is 21.6 Å². The normalized spacial score (nSPS) is 12.7. The van der Waals surface area contributed by atoms with Crippen LogP contribution in [0.2, 0.25) is 0 Å². The van der Waals surface area contributed by atoms with E-state index in [1.807, 2.05) is 6.92 Å². The van der Waals surface area contributed by atoms with Crippen LogP contribution in [-0.2, 0) is 13.5 Å². The largest absolute Gasteiger partial charge is 0.453 e. The molecule has 0 aromatic carbocycles. The van der Waals surface area contributed by atoms with E-state index in [1.165, 1.54) is 25.0 Å².